The second-order valence-corrected chi connectivity index (χ2v) is 5.17. The lowest BCUT2D eigenvalue weighted by Crippen LogP contribution is -2.52. The second kappa shape index (κ2) is 5.54. The summed E-state index contributed by atoms with van der Waals surface area (Å²) in [7, 11) is 3.51. The largest absolute Gasteiger partial charge is 0.871 e. The van der Waals surface area contributed by atoms with Crippen molar-refractivity contribution in [2.45, 2.75) is 13.5 Å². The molecule has 108 valence electrons. The molecule has 0 spiro atoms. The van der Waals surface area contributed by atoms with E-state index in [-0.39, 0.29) is 15.9 Å². The zero-order valence-corrected chi connectivity index (χ0v) is 12.0. The van der Waals surface area contributed by atoms with Crippen LogP contribution >= 0.6 is 0 Å². The summed E-state index contributed by atoms with van der Waals surface area (Å²) in [5.74, 6) is 0.0516. The normalized spacial score (nSPS) is 25.1. The van der Waals surface area contributed by atoms with Crippen molar-refractivity contribution in [3.63, 3.8) is 0 Å². The molecule has 1 aromatic rings. The Hall–Kier alpha value is -2.01. The van der Waals surface area contributed by atoms with Crippen molar-refractivity contribution in [2.75, 3.05) is 27.3 Å². The van der Waals surface area contributed by atoms with Crippen molar-refractivity contribution in [2.24, 2.45) is 0 Å². The molecule has 0 N–H and O–H groups in total. The quantitative estimate of drug-likeness (QED) is 0.355. The van der Waals surface area contributed by atoms with Crippen LogP contribution in [0.15, 0.2) is 35.7 Å². The fraction of sp³-hybridized carbons (Fsp3) is 0.400. The minimum atomic E-state index is -0.500. The highest BCUT2D eigenvalue weighted by molar-refractivity contribution is 5.86. The van der Waals surface area contributed by atoms with Gasteiger partial charge in [-0.1, -0.05) is 5.76 Å². The standard InChI is InChI=1S/C15H19NO4/c1-11(17)14-15(18)20-9-8-16(14,2)10-12-4-6-13(19-3)7-5-12/h4-7H,8-10H2,1-3H3. The molecule has 1 aromatic carbocycles. The summed E-state index contributed by atoms with van der Waals surface area (Å²) in [6, 6.07) is 7.63. The Morgan fingerprint density at radius 3 is 2.60 bits per heavy atom. The molecular weight excluding hydrogens is 258 g/mol. The molecular formula is C15H19NO4. The fourth-order valence-electron chi connectivity index (χ4n) is 2.56. The Bertz CT molecular complexity index is 531. The SMILES string of the molecule is COc1ccc(C[N+]2(C)CCOC(=O)/C2=C(\C)[O-])cc1. The highest BCUT2D eigenvalue weighted by atomic mass is 16.5. The van der Waals surface area contributed by atoms with E-state index in [4.69, 9.17) is 9.47 Å². The number of methoxy groups -OCH3 is 1. The fourth-order valence-corrected chi connectivity index (χ4v) is 2.56. The van der Waals surface area contributed by atoms with Gasteiger partial charge in [0.15, 0.2) is 0 Å². The van der Waals surface area contributed by atoms with Crippen LogP contribution < -0.4 is 9.84 Å². The first-order valence-corrected chi connectivity index (χ1v) is 6.49. The van der Waals surface area contributed by atoms with E-state index in [1.54, 1.807) is 7.11 Å². The van der Waals surface area contributed by atoms with Crippen molar-refractivity contribution < 1.29 is 23.9 Å². The third kappa shape index (κ3) is 2.77. The first-order valence-electron chi connectivity index (χ1n) is 6.49. The van der Waals surface area contributed by atoms with Crippen LogP contribution in [0.1, 0.15) is 12.5 Å². The van der Waals surface area contributed by atoms with Gasteiger partial charge < -0.3 is 14.6 Å². The number of hydrogen-bond donors (Lipinski definition) is 0. The van der Waals surface area contributed by atoms with Gasteiger partial charge in [-0.2, -0.15) is 0 Å². The number of likely N-dealkylation sites (N-methyl/N-ethyl adjacent to an activating group) is 1. The number of allylic oxidation sites excluding steroid dienone is 1. The zero-order chi connectivity index (χ0) is 14.8. The number of ether oxygens (including phenoxy) is 2. The van der Waals surface area contributed by atoms with E-state index in [9.17, 15) is 9.90 Å². The number of hydrogen-bond acceptors (Lipinski definition) is 4. The number of cyclic esters (lactones) is 1. The molecule has 1 atom stereocenters. The molecule has 0 radical (unpaired) electrons. The lowest BCUT2D eigenvalue weighted by molar-refractivity contribution is -0.888. The average molecular weight is 277 g/mol. The average Bonchev–Trinajstić information content (AvgIpc) is 2.38. The van der Waals surface area contributed by atoms with Crippen molar-refractivity contribution in [1.82, 2.24) is 0 Å². The van der Waals surface area contributed by atoms with Crippen LogP contribution in [0.5, 0.6) is 5.75 Å². The zero-order valence-electron chi connectivity index (χ0n) is 12.0. The van der Waals surface area contributed by atoms with Gasteiger partial charge in [-0.05, 0) is 31.2 Å². The molecule has 1 aliphatic heterocycles. The number of carbonyl (C=O) groups is 1. The molecule has 1 saturated heterocycles. The molecule has 1 unspecified atom stereocenters. The van der Waals surface area contributed by atoms with E-state index in [1.165, 1.54) is 6.92 Å². The molecule has 5 nitrogen and oxygen atoms in total. The van der Waals surface area contributed by atoms with Gasteiger partial charge in [-0.3, -0.25) is 4.48 Å². The van der Waals surface area contributed by atoms with Crippen LogP contribution in [-0.2, 0) is 16.1 Å². The van der Waals surface area contributed by atoms with Crippen LogP contribution in [0, 0.1) is 0 Å². The van der Waals surface area contributed by atoms with Gasteiger partial charge in [-0.25, -0.2) is 4.79 Å². The highest BCUT2D eigenvalue weighted by Crippen LogP contribution is 2.26. The van der Waals surface area contributed by atoms with Crippen molar-refractivity contribution in [3.05, 3.63) is 41.3 Å². The van der Waals surface area contributed by atoms with Gasteiger partial charge in [0.1, 0.15) is 25.4 Å². The van der Waals surface area contributed by atoms with Gasteiger partial charge in [-0.15, -0.1) is 0 Å². The number of morpholine rings is 1. The Labute approximate surface area is 118 Å². The summed E-state index contributed by atoms with van der Waals surface area (Å²) in [5, 5.41) is 11.7. The van der Waals surface area contributed by atoms with Crippen LogP contribution in [-0.4, -0.2) is 37.8 Å². The number of esters is 1. The van der Waals surface area contributed by atoms with Gasteiger partial charge in [0, 0.05) is 5.56 Å². The molecule has 0 bridgehead atoms. The van der Waals surface area contributed by atoms with E-state index in [1.807, 2.05) is 31.3 Å². The van der Waals surface area contributed by atoms with Gasteiger partial charge in [0.05, 0.1) is 14.2 Å². The summed E-state index contributed by atoms with van der Waals surface area (Å²) in [5.41, 5.74) is 1.26. The molecule has 0 saturated carbocycles. The van der Waals surface area contributed by atoms with Crippen LogP contribution in [0.4, 0.5) is 0 Å². The molecule has 1 fully saturated rings. The highest BCUT2D eigenvalue weighted by Gasteiger charge is 2.38. The van der Waals surface area contributed by atoms with Crippen molar-refractivity contribution in [3.8, 4) is 5.75 Å². The molecule has 2 rings (SSSR count). The first-order chi connectivity index (χ1) is 9.46. The summed E-state index contributed by atoms with van der Waals surface area (Å²) in [6.45, 7) is 2.93. The number of benzene rings is 1. The lowest BCUT2D eigenvalue weighted by Gasteiger charge is -2.39. The van der Waals surface area contributed by atoms with E-state index in [0.717, 1.165) is 11.3 Å². The lowest BCUT2D eigenvalue weighted by atomic mass is 10.1. The summed E-state index contributed by atoms with van der Waals surface area (Å²) < 4.78 is 10.4. The molecule has 0 amide bonds. The number of carbonyl (C=O) groups excluding carboxylic acids is 1. The van der Waals surface area contributed by atoms with E-state index < -0.39 is 5.97 Å². The molecule has 0 aliphatic carbocycles. The van der Waals surface area contributed by atoms with Crippen LogP contribution in [0.2, 0.25) is 0 Å². The van der Waals surface area contributed by atoms with E-state index in [0.29, 0.717) is 19.7 Å². The number of nitrogens with zero attached hydrogens (tertiary/aromatic N) is 1. The minimum absolute atomic E-state index is 0.215. The first kappa shape index (κ1) is 14.4. The number of quaternary nitrogens is 1. The molecule has 1 heterocycles. The molecule has 1 aliphatic rings. The summed E-state index contributed by atoms with van der Waals surface area (Å²) in [6.07, 6.45) is 0. The maximum Gasteiger partial charge on any atom is 0.392 e. The smallest absolute Gasteiger partial charge is 0.392 e. The maximum atomic E-state index is 11.8. The van der Waals surface area contributed by atoms with Gasteiger partial charge in [0.25, 0.3) is 0 Å². The molecule has 0 aromatic heterocycles. The van der Waals surface area contributed by atoms with Crippen molar-refractivity contribution in [1.29, 1.82) is 0 Å². The number of rotatable bonds is 3. The van der Waals surface area contributed by atoms with Gasteiger partial charge >= 0.3 is 5.97 Å². The maximum absolute atomic E-state index is 11.8. The topological polar surface area (TPSA) is 58.6 Å². The van der Waals surface area contributed by atoms with Crippen molar-refractivity contribution >= 4 is 5.97 Å². The summed E-state index contributed by atoms with van der Waals surface area (Å²) in [4.78, 5) is 11.8. The van der Waals surface area contributed by atoms with E-state index in [2.05, 4.69) is 0 Å². The molecule has 5 heteroatoms. The van der Waals surface area contributed by atoms with E-state index >= 15 is 0 Å². The Morgan fingerprint density at radius 1 is 1.40 bits per heavy atom. The third-order valence-electron chi connectivity index (χ3n) is 3.58. The van der Waals surface area contributed by atoms with Crippen LogP contribution in [0.3, 0.4) is 0 Å². The minimum Gasteiger partial charge on any atom is -0.871 e. The predicted molar refractivity (Wildman–Crippen MR) is 71.4 cm³/mol. The Morgan fingerprint density at radius 2 is 2.05 bits per heavy atom. The monoisotopic (exact) mass is 277 g/mol. The third-order valence-corrected chi connectivity index (χ3v) is 3.58. The van der Waals surface area contributed by atoms with Crippen LogP contribution in [0.25, 0.3) is 0 Å². The molecule has 20 heavy (non-hydrogen) atoms. The summed E-state index contributed by atoms with van der Waals surface area (Å²) >= 11 is 0. The van der Waals surface area contributed by atoms with Gasteiger partial charge in [0.2, 0.25) is 5.70 Å². The Balaban J connectivity index is 2.28. The second-order valence-electron chi connectivity index (χ2n) is 5.17. The Kier molecular flexibility index (Phi) is 3.99. The predicted octanol–water partition coefficient (Wildman–Crippen LogP) is 0.790.